The second-order valence-electron chi connectivity index (χ2n) is 5.41. The van der Waals surface area contributed by atoms with Crippen LogP contribution in [0.5, 0.6) is 0 Å². The first-order valence-electron chi connectivity index (χ1n) is 7.39. The molecule has 0 bridgehead atoms. The summed E-state index contributed by atoms with van der Waals surface area (Å²) >= 11 is 1.62. The number of benzene rings is 1. The number of nitrogens with zero attached hydrogens (tertiary/aromatic N) is 3. The molecule has 1 fully saturated rings. The number of ether oxygens (including phenoxy) is 1. The lowest BCUT2D eigenvalue weighted by Gasteiger charge is -2.23. The van der Waals surface area contributed by atoms with E-state index in [0.717, 1.165) is 55.1 Å². The van der Waals surface area contributed by atoms with Crippen LogP contribution < -0.4 is 4.90 Å². The smallest absolute Gasteiger partial charge is 0.191 e. The van der Waals surface area contributed by atoms with Crippen molar-refractivity contribution in [2.24, 2.45) is 7.05 Å². The normalized spacial score (nSPS) is 16.1. The molecule has 22 heavy (non-hydrogen) atoms. The zero-order valence-corrected chi connectivity index (χ0v) is 13.4. The van der Waals surface area contributed by atoms with Gasteiger partial charge in [0, 0.05) is 12.8 Å². The molecular weight excluding hydrogens is 303 g/mol. The predicted octanol–water partition coefficient (Wildman–Crippen LogP) is 0.662. The van der Waals surface area contributed by atoms with Crippen molar-refractivity contribution in [2.45, 2.75) is 17.5 Å². The average Bonchev–Trinajstić information content (AvgIpc) is 2.88. The van der Waals surface area contributed by atoms with E-state index in [0.29, 0.717) is 0 Å². The van der Waals surface area contributed by atoms with Gasteiger partial charge in [0.15, 0.2) is 11.0 Å². The Balaban J connectivity index is 1.59. The SMILES string of the molecule is Cn1c(C[NH+]2CCOCC2)nnc1SCc1ccc(F)cc1. The molecule has 0 atom stereocenters. The number of nitrogens with one attached hydrogen (secondary N) is 1. The lowest BCUT2D eigenvalue weighted by molar-refractivity contribution is -0.922. The predicted molar refractivity (Wildman–Crippen MR) is 82.2 cm³/mol. The van der Waals surface area contributed by atoms with Gasteiger partial charge in [-0.1, -0.05) is 23.9 Å². The first-order chi connectivity index (χ1) is 10.7. The second kappa shape index (κ2) is 7.21. The fraction of sp³-hybridized carbons (Fsp3) is 0.467. The molecule has 0 spiro atoms. The monoisotopic (exact) mass is 323 g/mol. The van der Waals surface area contributed by atoms with Crippen LogP contribution in [0, 0.1) is 5.82 Å². The largest absolute Gasteiger partial charge is 0.370 e. The fourth-order valence-electron chi connectivity index (χ4n) is 2.41. The second-order valence-corrected chi connectivity index (χ2v) is 6.35. The molecule has 0 amide bonds. The van der Waals surface area contributed by atoms with Gasteiger partial charge in [-0.05, 0) is 17.7 Å². The van der Waals surface area contributed by atoms with Crippen molar-refractivity contribution in [1.82, 2.24) is 14.8 Å². The standard InChI is InChI=1S/C15H19FN4OS/c1-19-14(10-20-6-8-21-9-7-20)17-18-15(19)22-11-12-2-4-13(16)5-3-12/h2-5H,6-11H2,1H3/p+1. The highest BCUT2D eigenvalue weighted by Crippen LogP contribution is 2.21. The Hall–Kier alpha value is -1.44. The number of morpholine rings is 1. The Labute approximate surface area is 133 Å². The van der Waals surface area contributed by atoms with E-state index in [1.54, 1.807) is 23.9 Å². The molecule has 3 rings (SSSR count). The first-order valence-corrected chi connectivity index (χ1v) is 8.38. The molecule has 0 radical (unpaired) electrons. The van der Waals surface area contributed by atoms with Crippen molar-refractivity contribution in [3.63, 3.8) is 0 Å². The lowest BCUT2D eigenvalue weighted by Crippen LogP contribution is -3.12. The van der Waals surface area contributed by atoms with Crippen LogP contribution in [0.4, 0.5) is 4.39 Å². The van der Waals surface area contributed by atoms with Gasteiger partial charge in [-0.15, -0.1) is 10.2 Å². The third-order valence-electron chi connectivity index (χ3n) is 3.81. The summed E-state index contributed by atoms with van der Waals surface area (Å²) in [7, 11) is 2.00. The van der Waals surface area contributed by atoms with Gasteiger partial charge in [0.25, 0.3) is 0 Å². The minimum Gasteiger partial charge on any atom is -0.370 e. The molecule has 0 saturated carbocycles. The Morgan fingerprint density at radius 2 is 1.95 bits per heavy atom. The summed E-state index contributed by atoms with van der Waals surface area (Å²) in [6.45, 7) is 4.55. The van der Waals surface area contributed by atoms with Crippen LogP contribution >= 0.6 is 11.8 Å². The Morgan fingerprint density at radius 1 is 1.23 bits per heavy atom. The van der Waals surface area contributed by atoms with Gasteiger partial charge >= 0.3 is 0 Å². The van der Waals surface area contributed by atoms with E-state index in [4.69, 9.17) is 4.74 Å². The summed E-state index contributed by atoms with van der Waals surface area (Å²) in [6.07, 6.45) is 0. The topological polar surface area (TPSA) is 44.4 Å². The molecule has 0 aliphatic carbocycles. The van der Waals surface area contributed by atoms with Gasteiger partial charge in [-0.2, -0.15) is 0 Å². The molecule has 5 nitrogen and oxygen atoms in total. The van der Waals surface area contributed by atoms with Crippen LogP contribution in [-0.4, -0.2) is 41.1 Å². The molecule has 0 unspecified atom stereocenters. The van der Waals surface area contributed by atoms with Crippen LogP contribution in [0.3, 0.4) is 0 Å². The number of aromatic nitrogens is 3. The van der Waals surface area contributed by atoms with Gasteiger partial charge < -0.3 is 14.2 Å². The highest BCUT2D eigenvalue weighted by atomic mass is 32.2. The molecule has 2 heterocycles. The summed E-state index contributed by atoms with van der Waals surface area (Å²) in [5, 5.41) is 9.47. The average molecular weight is 323 g/mol. The fourth-order valence-corrected chi connectivity index (χ4v) is 3.30. The number of rotatable bonds is 5. The van der Waals surface area contributed by atoms with Crippen molar-refractivity contribution in [3.05, 3.63) is 41.5 Å². The summed E-state index contributed by atoms with van der Waals surface area (Å²) in [4.78, 5) is 1.48. The number of hydrogen-bond acceptors (Lipinski definition) is 4. The molecule has 1 aromatic carbocycles. The number of hydrogen-bond donors (Lipinski definition) is 1. The number of thioether (sulfide) groups is 1. The van der Waals surface area contributed by atoms with E-state index in [9.17, 15) is 4.39 Å². The van der Waals surface area contributed by atoms with Crippen LogP contribution in [-0.2, 0) is 24.1 Å². The van der Waals surface area contributed by atoms with Crippen LogP contribution in [0.15, 0.2) is 29.4 Å². The molecule has 118 valence electrons. The molecule has 1 saturated heterocycles. The zero-order chi connectivity index (χ0) is 15.4. The third-order valence-corrected chi connectivity index (χ3v) is 4.91. The van der Waals surface area contributed by atoms with Gasteiger partial charge in [-0.3, -0.25) is 0 Å². The highest BCUT2D eigenvalue weighted by Gasteiger charge is 2.18. The summed E-state index contributed by atoms with van der Waals surface area (Å²) in [5.74, 6) is 1.55. The van der Waals surface area contributed by atoms with Crippen molar-refractivity contribution < 1.29 is 14.0 Å². The maximum Gasteiger partial charge on any atom is 0.191 e. The van der Waals surface area contributed by atoms with Crippen molar-refractivity contribution in [2.75, 3.05) is 26.3 Å². The summed E-state index contributed by atoms with van der Waals surface area (Å²) in [6, 6.07) is 6.58. The molecule has 1 aliphatic heterocycles. The highest BCUT2D eigenvalue weighted by molar-refractivity contribution is 7.98. The maximum atomic E-state index is 12.9. The third kappa shape index (κ3) is 3.85. The molecule has 1 N–H and O–H groups in total. The van der Waals surface area contributed by atoms with Gasteiger partial charge in [0.05, 0.1) is 13.2 Å². The van der Waals surface area contributed by atoms with Crippen molar-refractivity contribution >= 4 is 11.8 Å². The Kier molecular flexibility index (Phi) is 5.07. The van der Waals surface area contributed by atoms with Crippen molar-refractivity contribution in [3.8, 4) is 0 Å². The molecule has 2 aromatic rings. The van der Waals surface area contributed by atoms with Gasteiger partial charge in [0.1, 0.15) is 25.5 Å². The first kappa shape index (κ1) is 15.5. The van der Waals surface area contributed by atoms with E-state index >= 15 is 0 Å². The minimum atomic E-state index is -0.205. The molecule has 7 heteroatoms. The zero-order valence-electron chi connectivity index (χ0n) is 12.6. The number of halogens is 1. The number of quaternary nitrogens is 1. The summed E-state index contributed by atoms with van der Waals surface area (Å²) < 4.78 is 20.3. The van der Waals surface area contributed by atoms with Crippen molar-refractivity contribution in [1.29, 1.82) is 0 Å². The van der Waals surface area contributed by atoms with Crippen LogP contribution in [0.1, 0.15) is 11.4 Å². The summed E-state index contributed by atoms with van der Waals surface area (Å²) in [5.41, 5.74) is 1.08. The lowest BCUT2D eigenvalue weighted by atomic mass is 10.2. The van der Waals surface area contributed by atoms with E-state index in [2.05, 4.69) is 14.8 Å². The molecular formula is C15H20FN4OS+. The van der Waals surface area contributed by atoms with Crippen LogP contribution in [0.25, 0.3) is 0 Å². The van der Waals surface area contributed by atoms with E-state index in [1.165, 1.54) is 17.0 Å². The minimum absolute atomic E-state index is 0.205. The van der Waals surface area contributed by atoms with E-state index in [1.807, 2.05) is 7.05 Å². The molecule has 1 aromatic heterocycles. The van der Waals surface area contributed by atoms with Gasteiger partial charge in [-0.25, -0.2) is 4.39 Å². The molecule has 1 aliphatic rings. The van der Waals surface area contributed by atoms with E-state index < -0.39 is 0 Å². The quantitative estimate of drug-likeness (QED) is 0.821. The van der Waals surface area contributed by atoms with E-state index in [-0.39, 0.29) is 5.82 Å². The Morgan fingerprint density at radius 3 is 2.68 bits per heavy atom. The maximum absolute atomic E-state index is 12.9. The van der Waals surface area contributed by atoms with Crippen LogP contribution in [0.2, 0.25) is 0 Å². The Bertz CT molecular complexity index is 611. The van der Waals surface area contributed by atoms with Gasteiger partial charge in [0.2, 0.25) is 0 Å².